The Morgan fingerprint density at radius 3 is 2.30 bits per heavy atom. The summed E-state index contributed by atoms with van der Waals surface area (Å²) in [6.07, 6.45) is 2.15. The molecule has 0 aliphatic carbocycles. The molecule has 8 heteroatoms. The summed E-state index contributed by atoms with van der Waals surface area (Å²) < 4.78 is 42.3. The molecule has 0 spiro atoms. The molecule has 0 fully saturated rings. The van der Waals surface area contributed by atoms with Crippen LogP contribution in [0.25, 0.3) is 0 Å². The van der Waals surface area contributed by atoms with E-state index >= 15 is 0 Å². The fourth-order valence-electron chi connectivity index (χ4n) is 3.53. The van der Waals surface area contributed by atoms with E-state index in [4.69, 9.17) is 16.7 Å². The van der Waals surface area contributed by atoms with Crippen LogP contribution in [0.5, 0.6) is 0 Å². The highest BCUT2D eigenvalue weighted by molar-refractivity contribution is 7.89. The van der Waals surface area contributed by atoms with E-state index in [1.807, 2.05) is 24.3 Å². The predicted molar refractivity (Wildman–Crippen MR) is 126 cm³/mol. The van der Waals surface area contributed by atoms with Crippen molar-refractivity contribution in [3.05, 3.63) is 100 Å². The SMILES string of the molecule is O=C(O)CCCc1ccc(C(CCc2cccc(F)c2)NS(=O)(=O)c2ccc(Cl)cc2)cc1. The zero-order valence-corrected chi connectivity index (χ0v) is 19.4. The number of carboxylic acids is 1. The van der Waals surface area contributed by atoms with Crippen LogP contribution < -0.4 is 4.72 Å². The third kappa shape index (κ3) is 7.67. The topological polar surface area (TPSA) is 83.5 Å². The second-order valence-corrected chi connectivity index (χ2v) is 9.94. The average molecular weight is 490 g/mol. The standard InChI is InChI=1S/C25H25ClFNO4S/c26-21-12-14-23(15-13-21)33(31,32)28-24(16-9-19-4-1-5-22(27)17-19)20-10-7-18(8-11-20)3-2-6-25(29)30/h1,4-5,7-8,10-15,17,24,28H,2-3,6,9,16H2,(H,29,30). The first-order valence-electron chi connectivity index (χ1n) is 10.6. The molecule has 3 aromatic carbocycles. The van der Waals surface area contributed by atoms with Crippen LogP contribution in [0.3, 0.4) is 0 Å². The summed E-state index contributed by atoms with van der Waals surface area (Å²) in [6, 6.07) is 19.1. The van der Waals surface area contributed by atoms with Crippen molar-refractivity contribution in [1.82, 2.24) is 4.72 Å². The van der Waals surface area contributed by atoms with Gasteiger partial charge in [0.2, 0.25) is 10.0 Å². The summed E-state index contributed by atoms with van der Waals surface area (Å²) in [5.41, 5.74) is 2.52. The van der Waals surface area contributed by atoms with E-state index in [9.17, 15) is 17.6 Å². The fraction of sp³-hybridized carbons (Fsp3) is 0.240. The summed E-state index contributed by atoms with van der Waals surface area (Å²) >= 11 is 5.88. The Kier molecular flexibility index (Phi) is 8.61. The molecule has 0 aliphatic heterocycles. The van der Waals surface area contributed by atoms with Crippen LogP contribution >= 0.6 is 11.6 Å². The van der Waals surface area contributed by atoms with Gasteiger partial charge >= 0.3 is 5.97 Å². The largest absolute Gasteiger partial charge is 0.481 e. The number of sulfonamides is 1. The number of carboxylic acid groups (broad SMARTS) is 1. The van der Waals surface area contributed by atoms with Crippen molar-refractivity contribution in [2.75, 3.05) is 0 Å². The maximum atomic E-state index is 13.6. The van der Waals surface area contributed by atoms with Gasteiger partial charge in [0.15, 0.2) is 0 Å². The molecule has 3 rings (SSSR count). The molecule has 0 saturated carbocycles. The third-order valence-corrected chi connectivity index (χ3v) is 7.01. The molecule has 1 unspecified atom stereocenters. The number of rotatable bonds is 11. The van der Waals surface area contributed by atoms with Gasteiger partial charge in [-0.1, -0.05) is 48.0 Å². The Hall–Kier alpha value is -2.74. The lowest BCUT2D eigenvalue weighted by atomic mass is 9.98. The summed E-state index contributed by atoms with van der Waals surface area (Å²) in [5.74, 6) is -1.17. The van der Waals surface area contributed by atoms with Crippen molar-refractivity contribution in [1.29, 1.82) is 0 Å². The second kappa shape index (κ2) is 11.4. The van der Waals surface area contributed by atoms with Crippen LogP contribution in [0.15, 0.2) is 77.7 Å². The van der Waals surface area contributed by atoms with E-state index in [1.165, 1.54) is 36.4 Å². The average Bonchev–Trinajstić information content (AvgIpc) is 2.77. The molecule has 0 heterocycles. The van der Waals surface area contributed by atoms with E-state index < -0.39 is 22.0 Å². The molecule has 0 amide bonds. The number of aliphatic carboxylic acids is 1. The molecule has 3 aromatic rings. The molecular weight excluding hydrogens is 465 g/mol. The van der Waals surface area contributed by atoms with Crippen molar-refractivity contribution in [3.63, 3.8) is 0 Å². The second-order valence-electron chi connectivity index (χ2n) is 7.79. The Labute approximate surface area is 198 Å². The number of hydrogen-bond donors (Lipinski definition) is 2. The van der Waals surface area contributed by atoms with Crippen LogP contribution in [-0.2, 0) is 27.7 Å². The Bertz CT molecular complexity index is 1180. The predicted octanol–water partition coefficient (Wildman–Crippen LogP) is 5.54. The van der Waals surface area contributed by atoms with Gasteiger partial charge in [-0.05, 0) is 78.8 Å². The van der Waals surface area contributed by atoms with Crippen molar-refractivity contribution >= 4 is 27.6 Å². The fourth-order valence-corrected chi connectivity index (χ4v) is 4.91. The molecule has 0 aromatic heterocycles. The zero-order chi connectivity index (χ0) is 23.8. The van der Waals surface area contributed by atoms with E-state index in [2.05, 4.69) is 4.72 Å². The van der Waals surface area contributed by atoms with Gasteiger partial charge in [0.1, 0.15) is 5.82 Å². The molecular formula is C25H25ClFNO4S. The van der Waals surface area contributed by atoms with Gasteiger partial charge < -0.3 is 5.11 Å². The zero-order valence-electron chi connectivity index (χ0n) is 17.9. The highest BCUT2D eigenvalue weighted by Gasteiger charge is 2.21. The smallest absolute Gasteiger partial charge is 0.303 e. The molecule has 0 saturated heterocycles. The van der Waals surface area contributed by atoms with E-state index in [-0.39, 0.29) is 17.1 Å². The Morgan fingerprint density at radius 1 is 0.970 bits per heavy atom. The van der Waals surface area contributed by atoms with Gasteiger partial charge in [-0.2, -0.15) is 0 Å². The van der Waals surface area contributed by atoms with Crippen LogP contribution in [0.1, 0.15) is 42.0 Å². The number of benzene rings is 3. The minimum atomic E-state index is -3.82. The van der Waals surface area contributed by atoms with Crippen LogP contribution in [-0.4, -0.2) is 19.5 Å². The Morgan fingerprint density at radius 2 is 1.67 bits per heavy atom. The normalized spacial score (nSPS) is 12.4. The van der Waals surface area contributed by atoms with Crippen molar-refractivity contribution in [3.8, 4) is 0 Å². The first-order valence-corrected chi connectivity index (χ1v) is 12.4. The minimum Gasteiger partial charge on any atom is -0.481 e. The summed E-state index contributed by atoms with van der Waals surface area (Å²) in [7, 11) is -3.82. The lowest BCUT2D eigenvalue weighted by Crippen LogP contribution is -2.29. The van der Waals surface area contributed by atoms with Crippen molar-refractivity contribution in [2.45, 2.75) is 43.0 Å². The summed E-state index contributed by atoms with van der Waals surface area (Å²) in [5, 5.41) is 9.24. The molecule has 0 aliphatic rings. The van der Waals surface area contributed by atoms with Crippen LogP contribution in [0.2, 0.25) is 5.02 Å². The molecule has 174 valence electrons. The number of hydrogen-bond acceptors (Lipinski definition) is 3. The van der Waals surface area contributed by atoms with Crippen molar-refractivity contribution < 1.29 is 22.7 Å². The number of halogens is 2. The highest BCUT2D eigenvalue weighted by Crippen LogP contribution is 2.24. The monoisotopic (exact) mass is 489 g/mol. The third-order valence-electron chi connectivity index (χ3n) is 5.27. The quantitative estimate of drug-likeness (QED) is 0.370. The van der Waals surface area contributed by atoms with Crippen LogP contribution in [0, 0.1) is 5.82 Å². The molecule has 5 nitrogen and oxygen atoms in total. The lowest BCUT2D eigenvalue weighted by molar-refractivity contribution is -0.137. The molecule has 0 radical (unpaired) electrons. The van der Waals surface area contributed by atoms with Crippen molar-refractivity contribution in [2.24, 2.45) is 0 Å². The number of nitrogens with one attached hydrogen (secondary N) is 1. The molecule has 1 atom stereocenters. The van der Waals surface area contributed by atoms with Gasteiger partial charge in [0.05, 0.1) is 4.90 Å². The minimum absolute atomic E-state index is 0.0961. The van der Waals surface area contributed by atoms with Gasteiger partial charge in [-0.3, -0.25) is 4.79 Å². The number of aryl methyl sites for hydroxylation is 2. The maximum Gasteiger partial charge on any atom is 0.303 e. The lowest BCUT2D eigenvalue weighted by Gasteiger charge is -2.20. The Balaban J connectivity index is 1.80. The van der Waals surface area contributed by atoms with E-state index in [0.717, 1.165) is 16.7 Å². The van der Waals surface area contributed by atoms with Gasteiger partial charge in [0, 0.05) is 17.5 Å². The molecule has 0 bridgehead atoms. The molecule has 2 N–H and O–H groups in total. The first-order chi connectivity index (χ1) is 15.7. The van der Waals surface area contributed by atoms with E-state index in [0.29, 0.717) is 30.7 Å². The summed E-state index contributed by atoms with van der Waals surface area (Å²) in [6.45, 7) is 0. The highest BCUT2D eigenvalue weighted by atomic mass is 35.5. The molecule has 33 heavy (non-hydrogen) atoms. The number of carbonyl (C=O) groups is 1. The van der Waals surface area contributed by atoms with Crippen LogP contribution in [0.4, 0.5) is 4.39 Å². The summed E-state index contributed by atoms with van der Waals surface area (Å²) in [4.78, 5) is 10.8. The first kappa shape index (κ1) is 24.9. The van der Waals surface area contributed by atoms with E-state index in [1.54, 1.807) is 12.1 Å². The van der Waals surface area contributed by atoms with Gasteiger partial charge in [-0.25, -0.2) is 17.5 Å². The van der Waals surface area contributed by atoms with Gasteiger partial charge in [-0.15, -0.1) is 0 Å². The van der Waals surface area contributed by atoms with Gasteiger partial charge in [0.25, 0.3) is 0 Å². The maximum absolute atomic E-state index is 13.6.